The van der Waals surface area contributed by atoms with Crippen LogP contribution in [0.4, 0.5) is 14.5 Å². The zero-order valence-electron chi connectivity index (χ0n) is 14.2. The van der Waals surface area contributed by atoms with E-state index in [9.17, 15) is 8.78 Å². The molecule has 4 nitrogen and oxygen atoms in total. The van der Waals surface area contributed by atoms with E-state index in [2.05, 4.69) is 15.6 Å². The SMILES string of the molecule is CN=C(NCCCC1CC1)NC1CCN(c2ccc(F)cc2F)C1. The van der Waals surface area contributed by atoms with Gasteiger partial charge in [-0.15, -0.1) is 0 Å². The van der Waals surface area contributed by atoms with Crippen LogP contribution >= 0.6 is 0 Å². The lowest BCUT2D eigenvalue weighted by molar-refractivity contribution is 0.580. The summed E-state index contributed by atoms with van der Waals surface area (Å²) in [7, 11) is 1.77. The van der Waals surface area contributed by atoms with Gasteiger partial charge >= 0.3 is 0 Å². The molecule has 6 heteroatoms. The fraction of sp³-hybridized carbons (Fsp3) is 0.611. The molecule has 2 N–H and O–H groups in total. The molecule has 0 amide bonds. The van der Waals surface area contributed by atoms with Crippen LogP contribution in [-0.2, 0) is 0 Å². The Morgan fingerprint density at radius 2 is 2.12 bits per heavy atom. The highest BCUT2D eigenvalue weighted by molar-refractivity contribution is 5.80. The average Bonchev–Trinajstić information content (AvgIpc) is 3.28. The summed E-state index contributed by atoms with van der Waals surface area (Å²) in [6.07, 6.45) is 6.16. The van der Waals surface area contributed by atoms with Gasteiger partial charge in [0.05, 0.1) is 5.69 Å². The minimum atomic E-state index is -0.541. The topological polar surface area (TPSA) is 39.7 Å². The van der Waals surface area contributed by atoms with Crippen molar-refractivity contribution >= 4 is 11.6 Å². The molecule has 1 aliphatic heterocycles. The van der Waals surface area contributed by atoms with Crippen LogP contribution in [0.2, 0.25) is 0 Å². The summed E-state index contributed by atoms with van der Waals surface area (Å²) in [4.78, 5) is 6.21. The number of hydrogen-bond donors (Lipinski definition) is 2. The van der Waals surface area contributed by atoms with Crippen molar-refractivity contribution in [1.82, 2.24) is 10.6 Å². The van der Waals surface area contributed by atoms with Crippen LogP contribution in [0.5, 0.6) is 0 Å². The Bertz CT molecular complexity index is 586. The van der Waals surface area contributed by atoms with Crippen LogP contribution in [0.1, 0.15) is 32.1 Å². The van der Waals surface area contributed by atoms with Gasteiger partial charge in [-0.05, 0) is 37.3 Å². The maximum atomic E-state index is 13.9. The van der Waals surface area contributed by atoms with Crippen molar-refractivity contribution in [3.63, 3.8) is 0 Å². The smallest absolute Gasteiger partial charge is 0.191 e. The van der Waals surface area contributed by atoms with Gasteiger partial charge < -0.3 is 15.5 Å². The van der Waals surface area contributed by atoms with Gasteiger partial charge in [-0.3, -0.25) is 4.99 Å². The van der Waals surface area contributed by atoms with E-state index in [4.69, 9.17) is 0 Å². The van der Waals surface area contributed by atoms with Crippen molar-refractivity contribution in [2.45, 2.75) is 38.1 Å². The predicted octanol–water partition coefficient (Wildman–Crippen LogP) is 2.90. The van der Waals surface area contributed by atoms with Crippen molar-refractivity contribution in [2.75, 3.05) is 31.6 Å². The molecule has 1 saturated heterocycles. The third-order valence-electron chi connectivity index (χ3n) is 4.78. The molecular weight excluding hydrogens is 310 g/mol. The number of rotatable bonds is 6. The average molecular weight is 336 g/mol. The molecule has 1 saturated carbocycles. The van der Waals surface area contributed by atoms with E-state index in [0.717, 1.165) is 37.5 Å². The van der Waals surface area contributed by atoms with Crippen molar-refractivity contribution < 1.29 is 8.78 Å². The Hall–Kier alpha value is -1.85. The van der Waals surface area contributed by atoms with Gasteiger partial charge in [0.1, 0.15) is 11.6 Å². The molecule has 24 heavy (non-hydrogen) atoms. The van der Waals surface area contributed by atoms with Crippen LogP contribution in [0.3, 0.4) is 0 Å². The van der Waals surface area contributed by atoms with Gasteiger partial charge in [0.15, 0.2) is 5.96 Å². The molecule has 1 aromatic carbocycles. The third kappa shape index (κ3) is 4.58. The minimum absolute atomic E-state index is 0.212. The largest absolute Gasteiger partial charge is 0.367 e. The molecule has 132 valence electrons. The summed E-state index contributed by atoms with van der Waals surface area (Å²) in [5.74, 6) is 0.715. The maximum Gasteiger partial charge on any atom is 0.191 e. The molecular formula is C18H26F2N4. The summed E-state index contributed by atoms with van der Waals surface area (Å²) < 4.78 is 26.9. The van der Waals surface area contributed by atoms with E-state index in [1.807, 2.05) is 4.90 Å². The molecule has 1 unspecified atom stereocenters. The van der Waals surface area contributed by atoms with Crippen molar-refractivity contribution in [1.29, 1.82) is 0 Å². The zero-order valence-corrected chi connectivity index (χ0v) is 14.2. The zero-order chi connectivity index (χ0) is 16.9. The van der Waals surface area contributed by atoms with Gasteiger partial charge in [0.2, 0.25) is 0 Å². The summed E-state index contributed by atoms with van der Waals surface area (Å²) in [5, 5.41) is 6.75. The van der Waals surface area contributed by atoms with Gasteiger partial charge in [-0.1, -0.05) is 12.8 Å². The van der Waals surface area contributed by atoms with E-state index in [0.29, 0.717) is 12.2 Å². The molecule has 1 aliphatic carbocycles. The Balaban J connectivity index is 1.45. The minimum Gasteiger partial charge on any atom is -0.367 e. The fourth-order valence-electron chi connectivity index (χ4n) is 3.23. The summed E-state index contributed by atoms with van der Waals surface area (Å²) in [5.41, 5.74) is 0.466. The summed E-state index contributed by atoms with van der Waals surface area (Å²) in [6, 6.07) is 3.97. The lowest BCUT2D eigenvalue weighted by Gasteiger charge is -2.21. The first-order valence-corrected chi connectivity index (χ1v) is 8.83. The van der Waals surface area contributed by atoms with Crippen LogP contribution in [-0.4, -0.2) is 38.7 Å². The standard InChI is InChI=1S/C18H26F2N4/c1-21-18(22-9-2-3-13-4-5-13)23-15-8-10-24(12-15)17-7-6-14(19)11-16(17)20/h6-7,11,13,15H,2-5,8-10,12H2,1H3,(H2,21,22,23). The molecule has 0 aromatic heterocycles. The molecule has 1 heterocycles. The van der Waals surface area contributed by atoms with Crippen molar-refractivity contribution in [3.05, 3.63) is 29.8 Å². The second-order valence-electron chi connectivity index (χ2n) is 6.76. The van der Waals surface area contributed by atoms with E-state index in [-0.39, 0.29) is 6.04 Å². The monoisotopic (exact) mass is 336 g/mol. The van der Waals surface area contributed by atoms with Gasteiger partial charge in [0.25, 0.3) is 0 Å². The van der Waals surface area contributed by atoms with E-state index < -0.39 is 11.6 Å². The van der Waals surface area contributed by atoms with Crippen molar-refractivity contribution in [3.8, 4) is 0 Å². The van der Waals surface area contributed by atoms with Crippen molar-refractivity contribution in [2.24, 2.45) is 10.9 Å². The van der Waals surface area contributed by atoms with E-state index >= 15 is 0 Å². The first-order valence-electron chi connectivity index (χ1n) is 8.83. The Morgan fingerprint density at radius 3 is 2.83 bits per heavy atom. The predicted molar refractivity (Wildman–Crippen MR) is 93.4 cm³/mol. The van der Waals surface area contributed by atoms with Crippen LogP contribution in [0, 0.1) is 17.6 Å². The molecule has 1 aromatic rings. The number of aliphatic imine (C=N–C) groups is 1. The lowest BCUT2D eigenvalue weighted by atomic mass is 10.2. The number of nitrogens with zero attached hydrogens (tertiary/aromatic N) is 2. The molecule has 0 radical (unpaired) electrons. The lowest BCUT2D eigenvalue weighted by Crippen LogP contribution is -2.44. The number of guanidine groups is 1. The summed E-state index contributed by atoms with van der Waals surface area (Å²) >= 11 is 0. The van der Waals surface area contributed by atoms with Crippen LogP contribution in [0.25, 0.3) is 0 Å². The second kappa shape index (κ2) is 7.81. The Labute approximate surface area is 142 Å². The fourth-order valence-corrected chi connectivity index (χ4v) is 3.23. The Kier molecular flexibility index (Phi) is 5.53. The maximum absolute atomic E-state index is 13.9. The van der Waals surface area contributed by atoms with Gasteiger partial charge in [0, 0.05) is 38.8 Å². The van der Waals surface area contributed by atoms with Gasteiger partial charge in [-0.2, -0.15) is 0 Å². The van der Waals surface area contributed by atoms with E-state index in [1.54, 1.807) is 7.05 Å². The molecule has 2 aliphatic rings. The highest BCUT2D eigenvalue weighted by atomic mass is 19.1. The first-order chi connectivity index (χ1) is 11.7. The first kappa shape index (κ1) is 17.0. The second-order valence-corrected chi connectivity index (χ2v) is 6.76. The number of benzene rings is 1. The molecule has 2 fully saturated rings. The molecule has 3 rings (SSSR count). The molecule has 0 bridgehead atoms. The van der Waals surface area contributed by atoms with Crippen LogP contribution in [0.15, 0.2) is 23.2 Å². The Morgan fingerprint density at radius 1 is 1.29 bits per heavy atom. The van der Waals surface area contributed by atoms with Crippen LogP contribution < -0.4 is 15.5 Å². The quantitative estimate of drug-likeness (QED) is 0.477. The highest BCUT2D eigenvalue weighted by Gasteiger charge is 2.25. The number of halogens is 2. The molecule has 0 spiro atoms. The molecule has 1 atom stereocenters. The number of anilines is 1. The number of nitrogens with one attached hydrogen (secondary N) is 2. The third-order valence-corrected chi connectivity index (χ3v) is 4.78. The number of hydrogen-bond acceptors (Lipinski definition) is 2. The van der Waals surface area contributed by atoms with Gasteiger partial charge in [-0.25, -0.2) is 8.78 Å². The van der Waals surface area contributed by atoms with E-state index in [1.165, 1.54) is 37.8 Å². The highest BCUT2D eigenvalue weighted by Crippen LogP contribution is 2.33. The summed E-state index contributed by atoms with van der Waals surface area (Å²) in [6.45, 7) is 2.36. The normalized spacial score (nSPS) is 21.2.